The molecule has 42 heavy (non-hydrogen) atoms. The largest absolute Gasteiger partial charge is 0.418 e. The van der Waals surface area contributed by atoms with Crippen molar-refractivity contribution in [2.75, 3.05) is 6.61 Å². The van der Waals surface area contributed by atoms with Gasteiger partial charge in [0.15, 0.2) is 17.5 Å². The van der Waals surface area contributed by atoms with Gasteiger partial charge in [-0.1, -0.05) is 18.1 Å². The summed E-state index contributed by atoms with van der Waals surface area (Å²) in [6, 6.07) is 1.91. The molecule has 3 aromatic rings. The lowest BCUT2D eigenvalue weighted by Crippen LogP contribution is -2.55. The van der Waals surface area contributed by atoms with Gasteiger partial charge >= 0.3 is 6.18 Å². The number of ether oxygens (including phenoxy) is 1. The number of pyridine rings is 1. The van der Waals surface area contributed by atoms with Crippen molar-refractivity contribution in [1.82, 2.24) is 20.0 Å². The van der Waals surface area contributed by atoms with Crippen LogP contribution in [0.4, 0.5) is 26.3 Å². The fourth-order valence-electron chi connectivity index (χ4n) is 5.45. The van der Waals surface area contributed by atoms with E-state index in [0.29, 0.717) is 36.7 Å². The zero-order valence-electron chi connectivity index (χ0n) is 21.6. The Labute approximate surface area is 239 Å². The maximum atomic E-state index is 14.0. The van der Waals surface area contributed by atoms with Crippen LogP contribution in [-0.2, 0) is 10.9 Å². The standard InChI is InChI=1S/C26H26F6N4O5S/c27-14-8-12(9-15(28)18(14)29)16-10-36(35-34-16)20-21(38)17(11-37)41-24(22(20)39)42-23(25(40)5-1-2-6-25)19-13(26(30,31)32)4-3-7-33-19/h3-4,7-10,17,20-24,37-40H,1-2,5-6,11H2/t17-,20+,21+,22-,23-,24+/m1/s1. The van der Waals surface area contributed by atoms with Gasteiger partial charge < -0.3 is 25.2 Å². The Bertz CT molecular complexity index is 1400. The summed E-state index contributed by atoms with van der Waals surface area (Å²) in [7, 11) is 0. The van der Waals surface area contributed by atoms with Gasteiger partial charge in [-0.05, 0) is 37.1 Å². The third kappa shape index (κ3) is 5.75. The van der Waals surface area contributed by atoms with Crippen LogP contribution in [0.3, 0.4) is 0 Å². The van der Waals surface area contributed by atoms with E-state index < -0.39 is 82.1 Å². The lowest BCUT2D eigenvalue weighted by molar-refractivity contribution is -0.179. The molecule has 228 valence electrons. The number of benzene rings is 1. The fourth-order valence-corrected chi connectivity index (χ4v) is 7.05. The number of hydrogen-bond acceptors (Lipinski definition) is 9. The number of aromatic nitrogens is 4. The maximum Gasteiger partial charge on any atom is 0.418 e. The Morgan fingerprint density at radius 2 is 1.76 bits per heavy atom. The molecule has 2 fully saturated rings. The third-order valence-electron chi connectivity index (χ3n) is 7.56. The van der Waals surface area contributed by atoms with E-state index in [9.17, 15) is 46.8 Å². The topological polar surface area (TPSA) is 134 Å². The maximum absolute atomic E-state index is 14.0. The number of nitrogens with zero attached hydrogens (tertiary/aromatic N) is 4. The van der Waals surface area contributed by atoms with Crippen molar-refractivity contribution in [3.8, 4) is 11.3 Å². The molecule has 3 heterocycles. The van der Waals surface area contributed by atoms with E-state index in [1.165, 1.54) is 0 Å². The number of hydrogen-bond donors (Lipinski definition) is 4. The minimum Gasteiger partial charge on any atom is -0.394 e. The number of aliphatic hydroxyl groups is 4. The van der Waals surface area contributed by atoms with Crippen molar-refractivity contribution in [1.29, 1.82) is 0 Å². The normalized spacial score (nSPS) is 26.9. The highest BCUT2D eigenvalue weighted by Crippen LogP contribution is 2.52. The highest BCUT2D eigenvalue weighted by molar-refractivity contribution is 8.00. The number of thioether (sulfide) groups is 1. The molecule has 1 saturated carbocycles. The number of rotatable bonds is 7. The van der Waals surface area contributed by atoms with Crippen LogP contribution in [0.25, 0.3) is 11.3 Å². The van der Waals surface area contributed by atoms with Gasteiger partial charge in [-0.3, -0.25) is 4.98 Å². The Hall–Kier alpha value is -2.76. The van der Waals surface area contributed by atoms with Gasteiger partial charge in [0, 0.05) is 11.8 Å². The molecule has 1 aromatic carbocycles. The summed E-state index contributed by atoms with van der Waals surface area (Å²) in [5.41, 5.74) is -4.92. The Morgan fingerprint density at radius 1 is 1.10 bits per heavy atom. The zero-order chi connectivity index (χ0) is 30.4. The van der Waals surface area contributed by atoms with Crippen molar-refractivity contribution in [3.05, 3.63) is 65.4 Å². The van der Waals surface area contributed by atoms with Gasteiger partial charge in [-0.2, -0.15) is 13.2 Å². The lowest BCUT2D eigenvalue weighted by atomic mass is 9.92. The SMILES string of the molecule is OC[C@H]1O[C@@H](S[C@H](c2ncccc2C(F)(F)F)C2(O)CCCC2)[C@H](O)[C@@H](n2cc(-c3cc(F)c(F)c(F)c3)nn2)[C@H]1O. The predicted molar refractivity (Wildman–Crippen MR) is 135 cm³/mol. The van der Waals surface area contributed by atoms with Crippen LogP contribution in [0, 0.1) is 17.5 Å². The second-order valence-corrected chi connectivity index (χ2v) is 11.5. The number of alkyl halides is 3. The van der Waals surface area contributed by atoms with Crippen molar-refractivity contribution in [3.63, 3.8) is 0 Å². The van der Waals surface area contributed by atoms with Crippen LogP contribution in [0.15, 0.2) is 36.7 Å². The first-order chi connectivity index (χ1) is 19.8. The summed E-state index contributed by atoms with van der Waals surface area (Å²) in [6.07, 6.45) is -5.78. The monoisotopic (exact) mass is 620 g/mol. The summed E-state index contributed by atoms with van der Waals surface area (Å²) in [5.74, 6) is -4.65. The summed E-state index contributed by atoms with van der Waals surface area (Å²) >= 11 is 0.672. The molecule has 2 aromatic heterocycles. The first-order valence-electron chi connectivity index (χ1n) is 12.9. The molecule has 2 aliphatic rings. The van der Waals surface area contributed by atoms with E-state index in [0.717, 1.165) is 29.2 Å². The molecule has 16 heteroatoms. The first-order valence-corrected chi connectivity index (χ1v) is 13.9. The van der Waals surface area contributed by atoms with Crippen LogP contribution < -0.4 is 0 Å². The second-order valence-electron chi connectivity index (χ2n) is 10.3. The van der Waals surface area contributed by atoms with E-state index >= 15 is 0 Å². The molecule has 5 rings (SSSR count). The summed E-state index contributed by atoms with van der Waals surface area (Å²) in [5, 5.41) is 50.0. The smallest absolute Gasteiger partial charge is 0.394 e. The Morgan fingerprint density at radius 3 is 2.38 bits per heavy atom. The fraction of sp³-hybridized carbons (Fsp3) is 0.500. The lowest BCUT2D eigenvalue weighted by Gasteiger charge is -2.44. The van der Waals surface area contributed by atoms with Gasteiger partial charge in [0.2, 0.25) is 0 Å². The molecule has 0 bridgehead atoms. The second kappa shape index (κ2) is 11.7. The average Bonchev–Trinajstić information content (AvgIpc) is 3.61. The van der Waals surface area contributed by atoms with Gasteiger partial charge in [0.05, 0.1) is 34.9 Å². The highest BCUT2D eigenvalue weighted by Gasteiger charge is 2.52. The molecule has 0 spiro atoms. The minimum atomic E-state index is -4.80. The molecular formula is C26H26F6N4O5S. The Balaban J connectivity index is 1.50. The van der Waals surface area contributed by atoms with Crippen molar-refractivity contribution in [2.45, 2.75) is 72.5 Å². The minimum absolute atomic E-state index is 0.148. The van der Waals surface area contributed by atoms with Gasteiger partial charge in [-0.25, -0.2) is 17.9 Å². The van der Waals surface area contributed by atoms with Crippen LogP contribution in [0.5, 0.6) is 0 Å². The first kappa shape index (κ1) is 30.7. The van der Waals surface area contributed by atoms with Gasteiger partial charge in [-0.15, -0.1) is 16.9 Å². The zero-order valence-corrected chi connectivity index (χ0v) is 22.4. The van der Waals surface area contributed by atoms with Crippen LogP contribution in [-0.4, -0.2) is 76.4 Å². The molecule has 0 unspecified atom stereocenters. The summed E-state index contributed by atoms with van der Waals surface area (Å²) in [4.78, 5) is 3.96. The van der Waals surface area contributed by atoms with E-state index in [4.69, 9.17) is 4.74 Å². The molecule has 9 nitrogen and oxygen atoms in total. The van der Waals surface area contributed by atoms with E-state index in [2.05, 4.69) is 15.3 Å². The molecule has 6 atom stereocenters. The molecular weight excluding hydrogens is 594 g/mol. The summed E-state index contributed by atoms with van der Waals surface area (Å²) in [6.45, 7) is -0.760. The molecule has 1 saturated heterocycles. The molecule has 0 amide bonds. The molecule has 4 N–H and O–H groups in total. The quantitative estimate of drug-likeness (QED) is 0.231. The molecule has 1 aliphatic carbocycles. The predicted octanol–water partition coefficient (Wildman–Crippen LogP) is 3.54. The highest BCUT2D eigenvalue weighted by atomic mass is 32.2. The van der Waals surface area contributed by atoms with Crippen molar-refractivity contribution >= 4 is 11.8 Å². The van der Waals surface area contributed by atoms with E-state index in [1.807, 2.05) is 0 Å². The van der Waals surface area contributed by atoms with E-state index in [1.54, 1.807) is 0 Å². The van der Waals surface area contributed by atoms with Crippen molar-refractivity contribution < 1.29 is 51.5 Å². The van der Waals surface area contributed by atoms with Crippen LogP contribution in [0.1, 0.15) is 48.2 Å². The average molecular weight is 621 g/mol. The van der Waals surface area contributed by atoms with Gasteiger partial charge in [0.25, 0.3) is 0 Å². The number of aliphatic hydroxyl groups excluding tert-OH is 3. The summed E-state index contributed by atoms with van der Waals surface area (Å²) < 4.78 is 89.6. The van der Waals surface area contributed by atoms with Crippen LogP contribution in [0.2, 0.25) is 0 Å². The Kier molecular flexibility index (Phi) is 8.57. The van der Waals surface area contributed by atoms with Gasteiger partial charge in [0.1, 0.15) is 35.5 Å². The number of halogens is 6. The van der Waals surface area contributed by atoms with Crippen molar-refractivity contribution in [2.24, 2.45) is 0 Å². The van der Waals surface area contributed by atoms with Crippen LogP contribution >= 0.6 is 11.8 Å². The third-order valence-corrected chi connectivity index (χ3v) is 9.16. The molecule has 1 aliphatic heterocycles. The van der Waals surface area contributed by atoms with E-state index in [-0.39, 0.29) is 24.1 Å². The molecule has 0 radical (unpaired) electrons.